The van der Waals surface area contributed by atoms with Gasteiger partial charge in [0.15, 0.2) is 0 Å². The van der Waals surface area contributed by atoms with Crippen LogP contribution in [0, 0.1) is 0 Å². The average Bonchev–Trinajstić information content (AvgIpc) is 2.91. The van der Waals surface area contributed by atoms with Crippen LogP contribution in [-0.2, 0) is 0 Å². The third-order valence-electron chi connectivity index (χ3n) is 2.99. The van der Waals surface area contributed by atoms with Gasteiger partial charge in [0.1, 0.15) is 0 Å². The van der Waals surface area contributed by atoms with E-state index in [1.807, 2.05) is 60.7 Å². The van der Waals surface area contributed by atoms with E-state index in [2.05, 4.69) is 4.99 Å². The van der Waals surface area contributed by atoms with Crippen LogP contribution in [0.15, 0.2) is 71.4 Å². The first-order valence-corrected chi connectivity index (χ1v) is 5.93. The number of aliphatic imine (C=N–C) groups is 1. The van der Waals surface area contributed by atoms with Crippen LogP contribution in [-0.4, -0.2) is 5.90 Å². The smallest absolute Gasteiger partial charge is 0.0434 e. The fourth-order valence-corrected chi connectivity index (χ4v) is 2.04. The maximum Gasteiger partial charge on any atom is 0.0434 e. The lowest BCUT2D eigenvalue weighted by Gasteiger charge is -2.12. The molecule has 0 saturated heterocycles. The van der Waals surface area contributed by atoms with E-state index in [0.717, 1.165) is 22.9 Å². The van der Waals surface area contributed by atoms with Crippen LogP contribution in [0.5, 0.6) is 0 Å². The van der Waals surface area contributed by atoms with Gasteiger partial charge in [-0.15, -0.1) is 0 Å². The van der Waals surface area contributed by atoms with Gasteiger partial charge < -0.3 is 5.11 Å². The van der Waals surface area contributed by atoms with Crippen molar-refractivity contribution in [3.8, 4) is 0 Å². The summed E-state index contributed by atoms with van der Waals surface area (Å²) in [5, 5.41) is 14.2. The fourth-order valence-electron chi connectivity index (χ4n) is 2.04. The minimum Gasteiger partial charge on any atom is -0.858 e. The lowest BCUT2D eigenvalue weighted by molar-refractivity contribution is -0.212. The topological polar surface area (TPSA) is 35.4 Å². The number of nitrogens with zero attached hydrogens (tertiary/aromatic N) is 1. The fraction of sp³-hybridized carbons (Fsp3) is 0.0625. The summed E-state index contributed by atoms with van der Waals surface area (Å²) in [4.78, 5) is 4.11. The first-order chi connectivity index (χ1) is 8.83. The Morgan fingerprint density at radius 1 is 1.06 bits per heavy atom. The van der Waals surface area contributed by atoms with E-state index in [9.17, 15) is 5.11 Å². The highest BCUT2D eigenvalue weighted by molar-refractivity contribution is 5.96. The van der Waals surface area contributed by atoms with Gasteiger partial charge in [-0.25, -0.2) is 0 Å². The van der Waals surface area contributed by atoms with Crippen molar-refractivity contribution in [1.82, 2.24) is 0 Å². The molecule has 0 spiro atoms. The van der Waals surface area contributed by atoms with Crippen molar-refractivity contribution in [1.29, 1.82) is 0 Å². The molecule has 0 unspecified atom stereocenters. The molecule has 2 nitrogen and oxygen atoms in total. The molecule has 0 amide bonds. The van der Waals surface area contributed by atoms with E-state index in [1.54, 1.807) is 0 Å². The van der Waals surface area contributed by atoms with Gasteiger partial charge in [-0.1, -0.05) is 48.6 Å². The molecule has 0 fully saturated rings. The van der Waals surface area contributed by atoms with E-state index in [4.69, 9.17) is 0 Å². The zero-order valence-electron chi connectivity index (χ0n) is 9.84. The zero-order chi connectivity index (χ0) is 12.4. The predicted octanol–water partition coefficient (Wildman–Crippen LogP) is 2.79. The van der Waals surface area contributed by atoms with E-state index >= 15 is 0 Å². The highest BCUT2D eigenvalue weighted by Crippen LogP contribution is 2.17. The molecule has 0 atom stereocenters. The summed E-state index contributed by atoms with van der Waals surface area (Å²) in [6.45, 7) is 0. The molecule has 3 rings (SSSR count). The average molecular weight is 234 g/mol. The Labute approximate surface area is 106 Å². The quantitative estimate of drug-likeness (QED) is 0.581. The third kappa shape index (κ3) is 2.05. The summed E-state index contributed by atoms with van der Waals surface area (Å²) in [7, 11) is 0. The van der Waals surface area contributed by atoms with E-state index in [1.165, 1.54) is 0 Å². The summed E-state index contributed by atoms with van der Waals surface area (Å²) in [5.74, 6) is -0.171. The highest BCUT2D eigenvalue weighted by atomic mass is 16.3. The molecule has 0 N–H and O–H groups in total. The summed E-state index contributed by atoms with van der Waals surface area (Å²) >= 11 is 0. The third-order valence-corrected chi connectivity index (χ3v) is 2.99. The maximum absolute atomic E-state index is 12.0. The minimum absolute atomic E-state index is 0.171. The molecular formula is C16H12NO-. The van der Waals surface area contributed by atoms with Crippen LogP contribution in [0.3, 0.4) is 0 Å². The van der Waals surface area contributed by atoms with Gasteiger partial charge in [0.2, 0.25) is 0 Å². The minimum atomic E-state index is -0.171. The van der Waals surface area contributed by atoms with Gasteiger partial charge in [0.25, 0.3) is 0 Å². The second-order valence-electron chi connectivity index (χ2n) is 4.27. The van der Waals surface area contributed by atoms with Crippen molar-refractivity contribution in [3.63, 3.8) is 0 Å². The van der Waals surface area contributed by atoms with Gasteiger partial charge in [-0.05, 0) is 34.4 Å². The number of hydrogen-bond donors (Lipinski definition) is 0. The normalized spacial score (nSPS) is 15.1. The number of rotatable bonds is 2. The van der Waals surface area contributed by atoms with Crippen molar-refractivity contribution >= 4 is 16.7 Å². The van der Waals surface area contributed by atoms with Crippen molar-refractivity contribution in [2.24, 2.45) is 4.99 Å². The molecule has 0 saturated carbocycles. The molecule has 0 heterocycles. The summed E-state index contributed by atoms with van der Waals surface area (Å²) < 4.78 is 0. The van der Waals surface area contributed by atoms with Crippen LogP contribution < -0.4 is 5.11 Å². The van der Waals surface area contributed by atoms with Crippen LogP contribution in [0.1, 0.15) is 12.0 Å². The molecule has 2 heteroatoms. The summed E-state index contributed by atoms with van der Waals surface area (Å²) in [6, 6.07) is 13.7. The Balaban J connectivity index is 1.98. The van der Waals surface area contributed by atoms with Crippen LogP contribution in [0.4, 0.5) is 0 Å². The van der Waals surface area contributed by atoms with Gasteiger partial charge in [-0.3, -0.25) is 4.99 Å². The second-order valence-corrected chi connectivity index (χ2v) is 4.27. The molecule has 0 aliphatic heterocycles. The SMILES string of the molecule is [O-]C(=NC1=CC=CC1)c1ccc2ccccc2c1. The molecule has 0 bridgehead atoms. The van der Waals surface area contributed by atoms with Gasteiger partial charge in [0.05, 0.1) is 0 Å². The van der Waals surface area contributed by atoms with Crippen molar-refractivity contribution < 1.29 is 5.11 Å². The van der Waals surface area contributed by atoms with Crippen LogP contribution >= 0.6 is 0 Å². The van der Waals surface area contributed by atoms with Gasteiger partial charge >= 0.3 is 0 Å². The predicted molar refractivity (Wildman–Crippen MR) is 72.3 cm³/mol. The molecule has 1 aliphatic carbocycles. The second kappa shape index (κ2) is 4.49. The lowest BCUT2D eigenvalue weighted by atomic mass is 10.1. The maximum atomic E-state index is 12.0. The summed E-state index contributed by atoms with van der Waals surface area (Å²) in [5.41, 5.74) is 1.47. The number of allylic oxidation sites excluding steroid dienone is 3. The van der Waals surface area contributed by atoms with E-state index < -0.39 is 0 Å². The Bertz CT molecular complexity index is 680. The van der Waals surface area contributed by atoms with E-state index in [-0.39, 0.29) is 5.90 Å². The standard InChI is InChI=1S/C16H13NO/c18-16(17-15-7-3-4-8-15)14-10-9-12-5-1-2-6-13(12)11-14/h1-7,9-11H,8H2,(H,17,18)/p-1. The Morgan fingerprint density at radius 2 is 1.89 bits per heavy atom. The Kier molecular flexibility index (Phi) is 2.69. The summed E-state index contributed by atoms with van der Waals surface area (Å²) in [6.07, 6.45) is 6.54. The highest BCUT2D eigenvalue weighted by Gasteiger charge is 1.99. The lowest BCUT2D eigenvalue weighted by Crippen LogP contribution is -2.18. The largest absolute Gasteiger partial charge is 0.858 e. The van der Waals surface area contributed by atoms with Gasteiger partial charge in [0, 0.05) is 12.1 Å². The monoisotopic (exact) mass is 234 g/mol. The Hall–Kier alpha value is -2.35. The number of hydrogen-bond acceptors (Lipinski definition) is 2. The zero-order valence-corrected chi connectivity index (χ0v) is 9.84. The molecule has 88 valence electrons. The number of fused-ring (bicyclic) bond motifs is 1. The van der Waals surface area contributed by atoms with Crippen molar-refractivity contribution in [2.75, 3.05) is 0 Å². The molecular weight excluding hydrogens is 222 g/mol. The first-order valence-electron chi connectivity index (χ1n) is 5.93. The number of benzene rings is 2. The van der Waals surface area contributed by atoms with E-state index in [0.29, 0.717) is 5.56 Å². The van der Waals surface area contributed by atoms with Gasteiger partial charge in [-0.2, -0.15) is 0 Å². The first kappa shape index (κ1) is 10.8. The van der Waals surface area contributed by atoms with Crippen molar-refractivity contribution in [2.45, 2.75) is 6.42 Å². The molecule has 2 aromatic rings. The molecule has 1 aliphatic rings. The van der Waals surface area contributed by atoms with Crippen LogP contribution in [0.25, 0.3) is 10.8 Å². The molecule has 2 aromatic carbocycles. The van der Waals surface area contributed by atoms with Crippen LogP contribution in [0.2, 0.25) is 0 Å². The molecule has 0 radical (unpaired) electrons. The molecule has 0 aromatic heterocycles. The molecule has 18 heavy (non-hydrogen) atoms. The van der Waals surface area contributed by atoms with Crippen molar-refractivity contribution in [3.05, 3.63) is 72.0 Å². The Morgan fingerprint density at radius 3 is 2.67 bits per heavy atom.